The highest BCUT2D eigenvalue weighted by Crippen LogP contribution is 2.19. The van der Waals surface area contributed by atoms with Gasteiger partial charge < -0.3 is 0 Å². The largest absolute Gasteiger partial charge is 0.0654 e. The van der Waals surface area contributed by atoms with Crippen molar-refractivity contribution in [1.82, 2.24) is 0 Å². The van der Waals surface area contributed by atoms with Crippen molar-refractivity contribution >= 4 is 0 Å². The van der Waals surface area contributed by atoms with Crippen molar-refractivity contribution in [2.75, 3.05) is 0 Å². The van der Waals surface area contributed by atoms with Crippen molar-refractivity contribution in [1.29, 1.82) is 0 Å². The maximum absolute atomic E-state index is 2.37. The Labute approximate surface area is 101 Å². The zero-order valence-electron chi connectivity index (χ0n) is 11.3. The van der Waals surface area contributed by atoms with Crippen LogP contribution < -0.4 is 0 Å². The molecule has 0 N–H and O–H groups in total. The minimum absolute atomic E-state index is 0.823. The molecule has 0 aliphatic rings. The molecule has 1 aromatic carbocycles. The molecule has 0 spiro atoms. The van der Waals surface area contributed by atoms with Gasteiger partial charge in [-0.1, -0.05) is 63.8 Å². The van der Waals surface area contributed by atoms with E-state index in [9.17, 15) is 0 Å². The number of rotatable bonds is 6. The quantitative estimate of drug-likeness (QED) is 0.635. The van der Waals surface area contributed by atoms with Gasteiger partial charge in [-0.15, -0.1) is 0 Å². The summed E-state index contributed by atoms with van der Waals surface area (Å²) < 4.78 is 0. The van der Waals surface area contributed by atoms with E-state index in [-0.39, 0.29) is 0 Å². The van der Waals surface area contributed by atoms with Gasteiger partial charge in [0.05, 0.1) is 0 Å². The topological polar surface area (TPSA) is 0 Å². The summed E-state index contributed by atoms with van der Waals surface area (Å²) >= 11 is 0. The lowest BCUT2D eigenvalue weighted by molar-refractivity contribution is 0.520. The van der Waals surface area contributed by atoms with Gasteiger partial charge in [0.15, 0.2) is 0 Å². The number of hydrogen-bond donors (Lipinski definition) is 0. The molecule has 1 aromatic rings. The van der Waals surface area contributed by atoms with Crippen molar-refractivity contribution in [2.45, 2.75) is 59.8 Å². The van der Waals surface area contributed by atoms with E-state index in [2.05, 4.69) is 45.9 Å². The van der Waals surface area contributed by atoms with Crippen LogP contribution in [0.15, 0.2) is 18.2 Å². The van der Waals surface area contributed by atoms with Gasteiger partial charge in [0.25, 0.3) is 0 Å². The van der Waals surface area contributed by atoms with Crippen molar-refractivity contribution in [3.8, 4) is 0 Å². The average molecular weight is 218 g/mol. The first kappa shape index (κ1) is 13.3. The van der Waals surface area contributed by atoms with Gasteiger partial charge in [-0.25, -0.2) is 0 Å². The number of benzene rings is 1. The Hall–Kier alpha value is -0.780. The fraction of sp³-hybridized carbons (Fsp3) is 0.625. The van der Waals surface area contributed by atoms with Crippen LogP contribution in [0.5, 0.6) is 0 Å². The highest BCUT2D eigenvalue weighted by atomic mass is 14.1. The van der Waals surface area contributed by atoms with Crippen LogP contribution in [0, 0.1) is 12.8 Å². The maximum Gasteiger partial charge on any atom is -0.0250 e. The molecule has 0 aromatic heterocycles. The van der Waals surface area contributed by atoms with Crippen molar-refractivity contribution in [2.24, 2.45) is 5.92 Å². The van der Waals surface area contributed by atoms with Crippen molar-refractivity contribution in [3.63, 3.8) is 0 Å². The first-order chi connectivity index (χ1) is 7.67. The SMILES string of the molecule is CCCc1cc(C)ccc1CC(C)CCC. The van der Waals surface area contributed by atoms with Gasteiger partial charge in [0, 0.05) is 0 Å². The molecule has 0 amide bonds. The smallest absolute Gasteiger partial charge is 0.0250 e. The van der Waals surface area contributed by atoms with Gasteiger partial charge in [-0.3, -0.25) is 0 Å². The van der Waals surface area contributed by atoms with Crippen molar-refractivity contribution in [3.05, 3.63) is 34.9 Å². The van der Waals surface area contributed by atoms with E-state index in [1.165, 1.54) is 37.7 Å². The minimum atomic E-state index is 0.823. The summed E-state index contributed by atoms with van der Waals surface area (Å²) in [5, 5.41) is 0. The van der Waals surface area contributed by atoms with Gasteiger partial charge in [0.2, 0.25) is 0 Å². The summed E-state index contributed by atoms with van der Waals surface area (Å²) in [5.74, 6) is 0.823. The van der Waals surface area contributed by atoms with Gasteiger partial charge in [0.1, 0.15) is 0 Å². The molecule has 16 heavy (non-hydrogen) atoms. The molecule has 0 fully saturated rings. The first-order valence-corrected chi connectivity index (χ1v) is 6.75. The Morgan fingerprint density at radius 3 is 2.44 bits per heavy atom. The summed E-state index contributed by atoms with van der Waals surface area (Å²) in [6, 6.07) is 6.97. The Morgan fingerprint density at radius 1 is 1.06 bits per heavy atom. The van der Waals surface area contributed by atoms with Gasteiger partial charge >= 0.3 is 0 Å². The van der Waals surface area contributed by atoms with E-state index in [0.717, 1.165) is 5.92 Å². The third-order valence-corrected chi connectivity index (χ3v) is 3.23. The lowest BCUT2D eigenvalue weighted by Gasteiger charge is -2.14. The second kappa shape index (κ2) is 6.73. The standard InChI is InChI=1S/C16H26/c1-5-7-13(3)11-16-10-9-14(4)12-15(16)8-6-2/h9-10,12-13H,5-8,11H2,1-4H3. The highest BCUT2D eigenvalue weighted by molar-refractivity contribution is 5.32. The van der Waals surface area contributed by atoms with Crippen LogP contribution >= 0.6 is 0 Å². The Balaban J connectivity index is 2.77. The Morgan fingerprint density at radius 2 is 1.81 bits per heavy atom. The fourth-order valence-electron chi connectivity index (χ4n) is 2.43. The van der Waals surface area contributed by atoms with E-state index < -0.39 is 0 Å². The molecule has 0 bridgehead atoms. The average Bonchev–Trinajstić information content (AvgIpc) is 2.23. The molecule has 0 radical (unpaired) electrons. The summed E-state index contributed by atoms with van der Waals surface area (Å²) in [7, 11) is 0. The molecule has 0 aliphatic heterocycles. The molecule has 1 atom stereocenters. The van der Waals surface area contributed by atoms with E-state index in [1.807, 2.05) is 0 Å². The second-order valence-corrected chi connectivity index (χ2v) is 5.12. The summed E-state index contributed by atoms with van der Waals surface area (Å²) in [5.41, 5.74) is 4.55. The molecule has 0 nitrogen and oxygen atoms in total. The lowest BCUT2D eigenvalue weighted by atomic mass is 9.91. The fourth-order valence-corrected chi connectivity index (χ4v) is 2.43. The number of aryl methyl sites for hydroxylation is 2. The molecule has 0 heteroatoms. The third-order valence-electron chi connectivity index (χ3n) is 3.23. The van der Waals surface area contributed by atoms with E-state index in [4.69, 9.17) is 0 Å². The second-order valence-electron chi connectivity index (χ2n) is 5.12. The van der Waals surface area contributed by atoms with Crippen LogP contribution in [-0.4, -0.2) is 0 Å². The monoisotopic (exact) mass is 218 g/mol. The lowest BCUT2D eigenvalue weighted by Crippen LogP contribution is -2.03. The van der Waals surface area contributed by atoms with E-state index >= 15 is 0 Å². The normalized spacial score (nSPS) is 12.8. The zero-order valence-corrected chi connectivity index (χ0v) is 11.3. The molecule has 0 saturated carbocycles. The van der Waals surface area contributed by atoms with Gasteiger partial charge in [-0.2, -0.15) is 0 Å². The Kier molecular flexibility index (Phi) is 5.59. The van der Waals surface area contributed by atoms with Crippen LogP contribution in [0.3, 0.4) is 0 Å². The summed E-state index contributed by atoms with van der Waals surface area (Å²) in [6.07, 6.45) is 6.38. The predicted octanol–water partition coefficient (Wildman–Crippen LogP) is 4.93. The first-order valence-electron chi connectivity index (χ1n) is 6.75. The maximum atomic E-state index is 2.37. The van der Waals surface area contributed by atoms with Gasteiger partial charge in [-0.05, 0) is 36.8 Å². The van der Waals surface area contributed by atoms with Crippen molar-refractivity contribution < 1.29 is 0 Å². The van der Waals surface area contributed by atoms with Crippen LogP contribution in [-0.2, 0) is 12.8 Å². The summed E-state index contributed by atoms with van der Waals surface area (Å²) in [6.45, 7) is 9.11. The molecular formula is C16H26. The van der Waals surface area contributed by atoms with Crippen LogP contribution in [0.1, 0.15) is 56.7 Å². The molecule has 0 heterocycles. The van der Waals surface area contributed by atoms with Crippen LogP contribution in [0.25, 0.3) is 0 Å². The molecule has 0 saturated heterocycles. The third kappa shape index (κ3) is 4.00. The predicted molar refractivity (Wildman–Crippen MR) is 73.0 cm³/mol. The molecular weight excluding hydrogens is 192 g/mol. The zero-order chi connectivity index (χ0) is 12.0. The molecule has 90 valence electrons. The van der Waals surface area contributed by atoms with Crippen LogP contribution in [0.2, 0.25) is 0 Å². The molecule has 0 aliphatic carbocycles. The van der Waals surface area contributed by atoms with Crippen LogP contribution in [0.4, 0.5) is 0 Å². The molecule has 1 rings (SSSR count). The van der Waals surface area contributed by atoms with E-state index in [0.29, 0.717) is 0 Å². The Bertz CT molecular complexity index is 312. The van der Waals surface area contributed by atoms with E-state index in [1.54, 1.807) is 11.1 Å². The minimum Gasteiger partial charge on any atom is -0.0654 e. The number of hydrogen-bond acceptors (Lipinski definition) is 0. The molecule has 1 unspecified atom stereocenters. The highest BCUT2D eigenvalue weighted by Gasteiger charge is 2.07. The summed E-state index contributed by atoms with van der Waals surface area (Å²) in [4.78, 5) is 0.